The SMILES string of the molecule is CCN1CCC(=C2c3cc(CC(=O)OC)ccc3OCc3ccsc32)CC1. The number of likely N-dealkylation sites (tertiary alicyclic amines) is 1. The van der Waals surface area contributed by atoms with Gasteiger partial charge in [0, 0.05) is 34.7 Å². The molecule has 0 N–H and O–H groups in total. The summed E-state index contributed by atoms with van der Waals surface area (Å²) >= 11 is 1.79. The zero-order chi connectivity index (χ0) is 18.8. The van der Waals surface area contributed by atoms with Crippen LogP contribution in [-0.4, -0.2) is 37.6 Å². The van der Waals surface area contributed by atoms with Crippen molar-refractivity contribution in [1.29, 1.82) is 0 Å². The molecule has 0 amide bonds. The van der Waals surface area contributed by atoms with E-state index in [1.165, 1.54) is 28.7 Å². The molecule has 0 saturated carbocycles. The summed E-state index contributed by atoms with van der Waals surface area (Å²) in [4.78, 5) is 15.6. The molecule has 1 aromatic heterocycles. The predicted molar refractivity (Wildman–Crippen MR) is 108 cm³/mol. The summed E-state index contributed by atoms with van der Waals surface area (Å²) in [5.41, 5.74) is 6.18. The number of thiophene rings is 1. The standard InChI is InChI=1S/C22H25NO3S/c1-3-23-9-6-16(7-10-23)21-18-12-15(13-20(24)25-2)4-5-19(18)26-14-17-8-11-27-22(17)21/h4-5,8,11-12H,3,6-7,9-10,13-14H2,1-2H3. The minimum atomic E-state index is -0.216. The van der Waals surface area contributed by atoms with Crippen molar-refractivity contribution in [2.45, 2.75) is 32.8 Å². The van der Waals surface area contributed by atoms with Crippen LogP contribution >= 0.6 is 11.3 Å². The van der Waals surface area contributed by atoms with Crippen LogP contribution in [0.4, 0.5) is 0 Å². The summed E-state index contributed by atoms with van der Waals surface area (Å²) in [6, 6.07) is 8.27. The quantitative estimate of drug-likeness (QED) is 0.742. The third-order valence-electron chi connectivity index (χ3n) is 5.51. The van der Waals surface area contributed by atoms with E-state index in [1.54, 1.807) is 11.3 Å². The number of carbonyl (C=O) groups excluding carboxylic acids is 1. The first kappa shape index (κ1) is 18.3. The topological polar surface area (TPSA) is 38.8 Å². The molecule has 2 aliphatic heterocycles. The third-order valence-corrected chi connectivity index (χ3v) is 6.48. The molecule has 1 saturated heterocycles. The van der Waals surface area contributed by atoms with Gasteiger partial charge in [0.25, 0.3) is 0 Å². The van der Waals surface area contributed by atoms with E-state index in [0.29, 0.717) is 6.61 Å². The molecule has 0 aliphatic carbocycles. The van der Waals surface area contributed by atoms with Gasteiger partial charge in [0.2, 0.25) is 0 Å². The van der Waals surface area contributed by atoms with Crippen LogP contribution in [0.25, 0.3) is 5.57 Å². The zero-order valence-electron chi connectivity index (χ0n) is 15.9. The summed E-state index contributed by atoms with van der Waals surface area (Å²) in [5.74, 6) is 0.694. The molecule has 0 spiro atoms. The number of nitrogens with zero attached hydrogens (tertiary/aromatic N) is 1. The van der Waals surface area contributed by atoms with Gasteiger partial charge in [-0.3, -0.25) is 4.79 Å². The number of carbonyl (C=O) groups is 1. The van der Waals surface area contributed by atoms with E-state index in [4.69, 9.17) is 9.47 Å². The van der Waals surface area contributed by atoms with Gasteiger partial charge in [-0.25, -0.2) is 0 Å². The van der Waals surface area contributed by atoms with Crippen LogP contribution in [0.5, 0.6) is 5.75 Å². The molecule has 4 nitrogen and oxygen atoms in total. The fourth-order valence-electron chi connectivity index (χ4n) is 3.93. The van der Waals surface area contributed by atoms with Gasteiger partial charge >= 0.3 is 5.97 Å². The third kappa shape index (κ3) is 3.66. The molecule has 0 atom stereocenters. The van der Waals surface area contributed by atoms with Gasteiger partial charge in [-0.15, -0.1) is 11.3 Å². The van der Waals surface area contributed by atoms with Crippen molar-refractivity contribution in [1.82, 2.24) is 4.90 Å². The zero-order valence-corrected chi connectivity index (χ0v) is 16.7. The van der Waals surface area contributed by atoms with Crippen LogP contribution in [-0.2, 0) is 22.6 Å². The Balaban J connectivity index is 1.81. The number of ether oxygens (including phenoxy) is 2. The van der Waals surface area contributed by atoms with E-state index in [2.05, 4.69) is 29.3 Å². The van der Waals surface area contributed by atoms with Gasteiger partial charge in [0.1, 0.15) is 12.4 Å². The highest BCUT2D eigenvalue weighted by Crippen LogP contribution is 2.43. The largest absolute Gasteiger partial charge is 0.488 e. The highest BCUT2D eigenvalue weighted by Gasteiger charge is 2.26. The second-order valence-electron chi connectivity index (χ2n) is 7.06. The Morgan fingerprint density at radius 2 is 2.07 bits per heavy atom. The first-order valence-corrected chi connectivity index (χ1v) is 10.4. The van der Waals surface area contributed by atoms with Crippen molar-refractivity contribution in [3.05, 3.63) is 56.8 Å². The van der Waals surface area contributed by atoms with Gasteiger partial charge < -0.3 is 14.4 Å². The first-order valence-electron chi connectivity index (χ1n) is 9.53. The number of hydrogen-bond acceptors (Lipinski definition) is 5. The van der Waals surface area contributed by atoms with Crippen molar-refractivity contribution in [2.75, 3.05) is 26.7 Å². The maximum atomic E-state index is 11.8. The van der Waals surface area contributed by atoms with Crippen molar-refractivity contribution in [3.63, 3.8) is 0 Å². The van der Waals surface area contributed by atoms with Crippen molar-refractivity contribution < 1.29 is 14.3 Å². The molecule has 142 valence electrons. The number of piperidine rings is 1. The number of hydrogen-bond donors (Lipinski definition) is 0. The van der Waals surface area contributed by atoms with Crippen LogP contribution < -0.4 is 4.74 Å². The molecule has 4 rings (SSSR count). The first-order chi connectivity index (χ1) is 13.2. The van der Waals surface area contributed by atoms with Crippen LogP contribution in [0.3, 0.4) is 0 Å². The fourth-order valence-corrected chi connectivity index (χ4v) is 4.95. The Hall–Kier alpha value is -2.11. The van der Waals surface area contributed by atoms with E-state index in [0.717, 1.165) is 49.4 Å². The van der Waals surface area contributed by atoms with E-state index < -0.39 is 0 Å². The molecule has 0 unspecified atom stereocenters. The molecule has 0 bridgehead atoms. The highest BCUT2D eigenvalue weighted by molar-refractivity contribution is 7.11. The van der Waals surface area contributed by atoms with Gasteiger partial charge in [-0.2, -0.15) is 0 Å². The molecule has 2 aromatic rings. The Morgan fingerprint density at radius 3 is 2.81 bits per heavy atom. The minimum absolute atomic E-state index is 0.216. The minimum Gasteiger partial charge on any atom is -0.488 e. The summed E-state index contributed by atoms with van der Waals surface area (Å²) in [5, 5.41) is 2.15. The number of methoxy groups -OCH3 is 1. The average molecular weight is 384 g/mol. The second-order valence-corrected chi connectivity index (χ2v) is 7.98. The maximum absolute atomic E-state index is 11.8. The van der Waals surface area contributed by atoms with E-state index in [-0.39, 0.29) is 12.4 Å². The fraction of sp³-hybridized carbons (Fsp3) is 0.409. The Morgan fingerprint density at radius 1 is 1.26 bits per heavy atom. The number of fused-ring (bicyclic) bond motifs is 2. The molecule has 5 heteroatoms. The lowest BCUT2D eigenvalue weighted by atomic mass is 9.90. The van der Waals surface area contributed by atoms with Crippen LogP contribution in [0.1, 0.15) is 41.3 Å². The van der Waals surface area contributed by atoms with Crippen LogP contribution in [0, 0.1) is 0 Å². The van der Waals surface area contributed by atoms with Crippen molar-refractivity contribution in [3.8, 4) is 5.75 Å². The summed E-state index contributed by atoms with van der Waals surface area (Å²) < 4.78 is 11.0. The Labute approximate surface area is 164 Å². The van der Waals surface area contributed by atoms with Crippen molar-refractivity contribution in [2.24, 2.45) is 0 Å². The normalized spacial score (nSPS) is 17.0. The molecule has 3 heterocycles. The monoisotopic (exact) mass is 383 g/mol. The number of rotatable bonds is 3. The molecule has 1 fully saturated rings. The summed E-state index contributed by atoms with van der Waals surface area (Å²) in [7, 11) is 1.43. The lowest BCUT2D eigenvalue weighted by Crippen LogP contribution is -2.30. The molecule has 2 aliphatic rings. The van der Waals surface area contributed by atoms with Crippen LogP contribution in [0.15, 0.2) is 35.2 Å². The summed E-state index contributed by atoms with van der Waals surface area (Å²) in [6.07, 6.45) is 2.45. The highest BCUT2D eigenvalue weighted by atomic mass is 32.1. The van der Waals surface area contributed by atoms with E-state index >= 15 is 0 Å². The smallest absolute Gasteiger partial charge is 0.309 e. The number of benzene rings is 1. The Kier molecular flexibility index (Phi) is 5.32. The molecule has 1 aromatic carbocycles. The number of esters is 1. The molecular formula is C22H25NO3S. The average Bonchev–Trinajstić information content (AvgIpc) is 3.10. The van der Waals surface area contributed by atoms with Crippen LogP contribution in [0.2, 0.25) is 0 Å². The molecule has 0 radical (unpaired) electrons. The summed E-state index contributed by atoms with van der Waals surface area (Å²) in [6.45, 7) is 6.14. The van der Waals surface area contributed by atoms with Gasteiger partial charge in [0.15, 0.2) is 0 Å². The van der Waals surface area contributed by atoms with Gasteiger partial charge in [0.05, 0.1) is 13.5 Å². The maximum Gasteiger partial charge on any atom is 0.309 e. The van der Waals surface area contributed by atoms with Gasteiger partial charge in [-0.1, -0.05) is 18.6 Å². The Bertz CT molecular complexity index is 873. The predicted octanol–water partition coefficient (Wildman–Crippen LogP) is 4.27. The lowest BCUT2D eigenvalue weighted by Gasteiger charge is -2.29. The molecular weight excluding hydrogens is 358 g/mol. The van der Waals surface area contributed by atoms with E-state index in [9.17, 15) is 4.79 Å². The van der Waals surface area contributed by atoms with Gasteiger partial charge in [-0.05, 0) is 48.5 Å². The molecule has 27 heavy (non-hydrogen) atoms. The van der Waals surface area contributed by atoms with Crippen molar-refractivity contribution >= 4 is 22.9 Å². The van der Waals surface area contributed by atoms with E-state index in [1.807, 2.05) is 12.1 Å². The lowest BCUT2D eigenvalue weighted by molar-refractivity contribution is -0.139. The second kappa shape index (κ2) is 7.87.